The van der Waals surface area contributed by atoms with Gasteiger partial charge in [0.25, 0.3) is 0 Å². The monoisotopic (exact) mass is 291 g/mol. The number of halogens is 3. The van der Waals surface area contributed by atoms with Crippen LogP contribution in [0.3, 0.4) is 0 Å². The van der Waals surface area contributed by atoms with Gasteiger partial charge in [0.1, 0.15) is 0 Å². The molecule has 0 radical (unpaired) electrons. The van der Waals surface area contributed by atoms with Crippen molar-refractivity contribution in [3.63, 3.8) is 0 Å². The molecular weight excluding hydrogens is 275 g/mol. The molecule has 0 amide bonds. The van der Waals surface area contributed by atoms with Gasteiger partial charge >= 0.3 is 6.18 Å². The summed E-state index contributed by atoms with van der Waals surface area (Å²) < 4.78 is 40.8. The lowest BCUT2D eigenvalue weighted by atomic mass is 9.91. The molecule has 1 heterocycles. The quantitative estimate of drug-likeness (QED) is 0.738. The highest BCUT2D eigenvalue weighted by atomic mass is 19.4. The van der Waals surface area contributed by atoms with E-state index in [9.17, 15) is 13.2 Å². The topological polar surface area (TPSA) is 3.24 Å². The van der Waals surface area contributed by atoms with E-state index in [1.54, 1.807) is 36.4 Å². The summed E-state index contributed by atoms with van der Waals surface area (Å²) in [5.74, 6) is 0. The van der Waals surface area contributed by atoms with Crippen molar-refractivity contribution in [2.45, 2.75) is 25.6 Å². The molecule has 4 heteroatoms. The molecule has 2 aromatic rings. The molecular formula is C17H16F3N. The fraction of sp³-hybridized carbons (Fsp3) is 0.294. The van der Waals surface area contributed by atoms with Gasteiger partial charge < -0.3 is 4.90 Å². The highest BCUT2D eigenvalue weighted by Crippen LogP contribution is 2.43. The van der Waals surface area contributed by atoms with Crippen molar-refractivity contribution < 1.29 is 13.2 Å². The van der Waals surface area contributed by atoms with Crippen LogP contribution < -0.4 is 4.90 Å². The Kier molecular flexibility index (Phi) is 3.40. The van der Waals surface area contributed by atoms with Crippen LogP contribution in [0.4, 0.5) is 18.9 Å². The van der Waals surface area contributed by atoms with Crippen LogP contribution in [0.15, 0.2) is 48.5 Å². The van der Waals surface area contributed by atoms with Crippen LogP contribution in [0.1, 0.15) is 22.7 Å². The van der Waals surface area contributed by atoms with Gasteiger partial charge in [0.05, 0.1) is 0 Å². The van der Waals surface area contributed by atoms with E-state index in [1.165, 1.54) is 4.90 Å². The number of anilines is 1. The molecule has 21 heavy (non-hydrogen) atoms. The summed E-state index contributed by atoms with van der Waals surface area (Å²) in [5, 5.41) is 0. The second-order valence-electron chi connectivity index (χ2n) is 5.42. The maximum Gasteiger partial charge on any atom is 0.413 e. The predicted octanol–water partition coefficient (Wildman–Crippen LogP) is 4.66. The molecule has 0 aromatic heterocycles. The molecule has 1 aliphatic heterocycles. The molecule has 1 aliphatic rings. The van der Waals surface area contributed by atoms with Gasteiger partial charge in [-0.25, -0.2) is 0 Å². The van der Waals surface area contributed by atoms with Crippen molar-refractivity contribution >= 4 is 5.69 Å². The molecule has 0 spiro atoms. The van der Waals surface area contributed by atoms with Crippen LogP contribution in [0.2, 0.25) is 0 Å². The van der Waals surface area contributed by atoms with Crippen LogP contribution in [0.5, 0.6) is 0 Å². The minimum Gasteiger partial charge on any atom is -0.356 e. The predicted molar refractivity (Wildman–Crippen MR) is 77.5 cm³/mol. The number of hydrogen-bond donors (Lipinski definition) is 0. The molecule has 2 aromatic carbocycles. The van der Waals surface area contributed by atoms with E-state index in [0.29, 0.717) is 24.2 Å². The molecule has 110 valence electrons. The fourth-order valence-electron chi connectivity index (χ4n) is 2.93. The molecule has 0 saturated carbocycles. The van der Waals surface area contributed by atoms with E-state index in [1.807, 2.05) is 19.1 Å². The van der Waals surface area contributed by atoms with Gasteiger partial charge in [-0.3, -0.25) is 0 Å². The average Bonchev–Trinajstić information content (AvgIpc) is 2.46. The van der Waals surface area contributed by atoms with Gasteiger partial charge in [0.2, 0.25) is 0 Å². The number of rotatable bonds is 1. The molecule has 0 saturated heterocycles. The van der Waals surface area contributed by atoms with E-state index in [4.69, 9.17) is 0 Å². The van der Waals surface area contributed by atoms with Gasteiger partial charge in [-0.2, -0.15) is 13.2 Å². The Labute approximate surface area is 122 Å². The van der Waals surface area contributed by atoms with Crippen LogP contribution in [0.25, 0.3) is 0 Å². The van der Waals surface area contributed by atoms with Gasteiger partial charge in [0.15, 0.2) is 6.04 Å². The van der Waals surface area contributed by atoms with E-state index in [0.717, 1.165) is 11.1 Å². The van der Waals surface area contributed by atoms with Gasteiger partial charge in [-0.05, 0) is 36.6 Å². The molecule has 1 unspecified atom stereocenters. The summed E-state index contributed by atoms with van der Waals surface area (Å²) in [6, 6.07) is 12.5. The van der Waals surface area contributed by atoms with Crippen molar-refractivity contribution in [3.05, 3.63) is 65.2 Å². The summed E-state index contributed by atoms with van der Waals surface area (Å²) in [5.41, 5.74) is 2.83. The third-order valence-corrected chi connectivity index (χ3v) is 3.96. The normalized spacial score (nSPS) is 18.5. The number of fused-ring (bicyclic) bond motifs is 1. The SMILES string of the molecule is Cc1ccc(N2CCc3ccccc3C2C(F)(F)F)cc1. The molecule has 1 atom stereocenters. The van der Waals surface area contributed by atoms with Crippen molar-refractivity contribution in [2.24, 2.45) is 0 Å². The van der Waals surface area contributed by atoms with E-state index in [2.05, 4.69) is 0 Å². The summed E-state index contributed by atoms with van der Waals surface area (Å²) in [7, 11) is 0. The second kappa shape index (κ2) is 5.10. The lowest BCUT2D eigenvalue weighted by Gasteiger charge is -2.39. The third kappa shape index (κ3) is 2.62. The highest BCUT2D eigenvalue weighted by Gasteiger charge is 2.47. The van der Waals surface area contributed by atoms with Gasteiger partial charge in [0, 0.05) is 12.2 Å². The summed E-state index contributed by atoms with van der Waals surface area (Å²) in [4.78, 5) is 1.46. The van der Waals surface area contributed by atoms with Crippen LogP contribution in [-0.2, 0) is 6.42 Å². The van der Waals surface area contributed by atoms with Gasteiger partial charge in [-0.1, -0.05) is 42.0 Å². The molecule has 3 rings (SSSR count). The van der Waals surface area contributed by atoms with E-state index < -0.39 is 12.2 Å². The zero-order valence-corrected chi connectivity index (χ0v) is 11.7. The summed E-state index contributed by atoms with van der Waals surface area (Å²) >= 11 is 0. The largest absolute Gasteiger partial charge is 0.413 e. The number of aryl methyl sites for hydroxylation is 1. The Bertz CT molecular complexity index is 631. The summed E-state index contributed by atoms with van der Waals surface area (Å²) in [6.07, 6.45) is -3.65. The highest BCUT2D eigenvalue weighted by molar-refractivity contribution is 5.53. The zero-order valence-electron chi connectivity index (χ0n) is 11.7. The van der Waals surface area contributed by atoms with E-state index >= 15 is 0 Å². The van der Waals surface area contributed by atoms with Crippen LogP contribution in [-0.4, -0.2) is 12.7 Å². The lowest BCUT2D eigenvalue weighted by Crippen LogP contribution is -2.43. The third-order valence-electron chi connectivity index (χ3n) is 3.96. The van der Waals surface area contributed by atoms with Crippen molar-refractivity contribution in [1.82, 2.24) is 0 Å². The second-order valence-corrected chi connectivity index (χ2v) is 5.42. The average molecular weight is 291 g/mol. The number of benzene rings is 2. The number of alkyl halides is 3. The maximum atomic E-state index is 13.6. The van der Waals surface area contributed by atoms with E-state index in [-0.39, 0.29) is 0 Å². The standard InChI is InChI=1S/C17H16F3N/c1-12-6-8-14(9-7-12)21-11-10-13-4-2-3-5-15(13)16(21)17(18,19)20/h2-9,16H,10-11H2,1H3. The molecule has 0 aliphatic carbocycles. The Morgan fingerprint density at radius 2 is 1.67 bits per heavy atom. The Morgan fingerprint density at radius 3 is 2.33 bits per heavy atom. The zero-order chi connectivity index (χ0) is 15.0. The fourth-order valence-corrected chi connectivity index (χ4v) is 2.93. The van der Waals surface area contributed by atoms with Crippen molar-refractivity contribution in [3.8, 4) is 0 Å². The first-order chi connectivity index (χ1) is 9.97. The Balaban J connectivity index is 2.07. The molecule has 1 nitrogen and oxygen atoms in total. The first-order valence-electron chi connectivity index (χ1n) is 6.94. The lowest BCUT2D eigenvalue weighted by molar-refractivity contribution is -0.151. The smallest absolute Gasteiger partial charge is 0.356 e. The van der Waals surface area contributed by atoms with Crippen molar-refractivity contribution in [2.75, 3.05) is 11.4 Å². The first kappa shape index (κ1) is 14.0. The van der Waals surface area contributed by atoms with Crippen molar-refractivity contribution in [1.29, 1.82) is 0 Å². The molecule has 0 bridgehead atoms. The van der Waals surface area contributed by atoms with Crippen LogP contribution >= 0.6 is 0 Å². The van der Waals surface area contributed by atoms with Crippen LogP contribution in [0, 0.1) is 6.92 Å². The number of nitrogens with zero attached hydrogens (tertiary/aromatic N) is 1. The first-order valence-corrected chi connectivity index (χ1v) is 6.94. The minimum absolute atomic E-state index is 0.372. The summed E-state index contributed by atoms with van der Waals surface area (Å²) in [6.45, 7) is 2.31. The Hall–Kier alpha value is -1.97. The van der Waals surface area contributed by atoms with Gasteiger partial charge in [-0.15, -0.1) is 0 Å². The molecule has 0 N–H and O–H groups in total. The maximum absolute atomic E-state index is 13.6. The number of hydrogen-bond acceptors (Lipinski definition) is 1. The molecule has 0 fully saturated rings. The minimum atomic E-state index is -4.29. The Morgan fingerprint density at radius 1 is 1.00 bits per heavy atom.